The van der Waals surface area contributed by atoms with Gasteiger partial charge in [0, 0.05) is 18.7 Å². The lowest BCUT2D eigenvalue weighted by Gasteiger charge is -2.22. The number of amides is 2. The summed E-state index contributed by atoms with van der Waals surface area (Å²) in [6, 6.07) is 5.48. The van der Waals surface area contributed by atoms with Gasteiger partial charge in [0.15, 0.2) is 0 Å². The highest BCUT2D eigenvalue weighted by molar-refractivity contribution is 5.94. The highest BCUT2D eigenvalue weighted by Gasteiger charge is 2.19. The van der Waals surface area contributed by atoms with E-state index in [1.54, 1.807) is 6.07 Å². The molecule has 0 bridgehead atoms. The lowest BCUT2D eigenvalue weighted by molar-refractivity contribution is -0.123. The van der Waals surface area contributed by atoms with E-state index < -0.39 is 5.82 Å². The van der Waals surface area contributed by atoms with E-state index >= 15 is 0 Å². The molecule has 0 saturated carbocycles. The van der Waals surface area contributed by atoms with Gasteiger partial charge < -0.3 is 16.0 Å². The van der Waals surface area contributed by atoms with Crippen LogP contribution in [-0.4, -0.2) is 37.5 Å². The van der Waals surface area contributed by atoms with Gasteiger partial charge >= 0.3 is 0 Å². The quantitative estimate of drug-likeness (QED) is 0.687. The molecule has 1 aliphatic rings. The van der Waals surface area contributed by atoms with Gasteiger partial charge in [0.2, 0.25) is 5.91 Å². The number of piperidine rings is 1. The van der Waals surface area contributed by atoms with Crippen LogP contribution in [0.2, 0.25) is 0 Å². The zero-order valence-electron chi connectivity index (χ0n) is 12.9. The van der Waals surface area contributed by atoms with Crippen molar-refractivity contribution in [1.82, 2.24) is 16.0 Å². The van der Waals surface area contributed by atoms with Gasteiger partial charge in [-0.25, -0.2) is 4.39 Å². The maximum atomic E-state index is 13.0. The summed E-state index contributed by atoms with van der Waals surface area (Å²) in [5.41, 5.74) is 0.301. The zero-order chi connectivity index (χ0) is 15.8. The van der Waals surface area contributed by atoms with Gasteiger partial charge in [-0.2, -0.15) is 0 Å². The molecule has 2 amide bonds. The third-order valence-corrected chi connectivity index (χ3v) is 3.65. The number of halogens is 2. The van der Waals surface area contributed by atoms with Crippen molar-refractivity contribution in [2.24, 2.45) is 0 Å². The van der Waals surface area contributed by atoms with E-state index in [1.807, 2.05) is 0 Å². The molecule has 1 unspecified atom stereocenters. The summed E-state index contributed by atoms with van der Waals surface area (Å²) in [4.78, 5) is 23.6. The fourth-order valence-corrected chi connectivity index (χ4v) is 2.43. The molecule has 5 nitrogen and oxygen atoms in total. The van der Waals surface area contributed by atoms with Crippen LogP contribution in [0.25, 0.3) is 0 Å². The van der Waals surface area contributed by atoms with E-state index in [-0.39, 0.29) is 30.3 Å². The Balaban J connectivity index is 0.00000264. The van der Waals surface area contributed by atoms with Crippen molar-refractivity contribution in [1.29, 1.82) is 0 Å². The third kappa shape index (κ3) is 6.54. The van der Waals surface area contributed by atoms with E-state index in [2.05, 4.69) is 16.0 Å². The van der Waals surface area contributed by atoms with Gasteiger partial charge in [0.25, 0.3) is 5.91 Å². The summed E-state index contributed by atoms with van der Waals surface area (Å²) in [7, 11) is 0. The average molecular weight is 344 g/mol. The van der Waals surface area contributed by atoms with Gasteiger partial charge in [0.1, 0.15) is 5.82 Å². The Labute approximate surface area is 141 Å². The fraction of sp³-hybridized carbons (Fsp3) is 0.500. The maximum absolute atomic E-state index is 13.0. The number of nitrogens with one attached hydrogen (secondary N) is 3. The molecule has 1 fully saturated rings. The van der Waals surface area contributed by atoms with Crippen LogP contribution in [0.1, 0.15) is 36.0 Å². The SMILES string of the molecule is Cl.O=C(NCCCNC(=O)C1CCCCN1)c1cccc(F)c1. The Morgan fingerprint density at radius 3 is 2.70 bits per heavy atom. The minimum atomic E-state index is -0.431. The van der Waals surface area contributed by atoms with Crippen LogP contribution < -0.4 is 16.0 Å². The van der Waals surface area contributed by atoms with E-state index in [0.29, 0.717) is 25.1 Å². The Hall–Kier alpha value is -1.66. The van der Waals surface area contributed by atoms with Gasteiger partial charge in [0.05, 0.1) is 6.04 Å². The number of rotatable bonds is 6. The molecule has 1 aromatic rings. The van der Waals surface area contributed by atoms with E-state index in [1.165, 1.54) is 18.2 Å². The first-order valence-corrected chi connectivity index (χ1v) is 7.71. The Bertz CT molecular complexity index is 522. The van der Waals surface area contributed by atoms with E-state index in [9.17, 15) is 14.0 Å². The second-order valence-corrected chi connectivity index (χ2v) is 5.41. The second-order valence-electron chi connectivity index (χ2n) is 5.41. The topological polar surface area (TPSA) is 70.2 Å². The highest BCUT2D eigenvalue weighted by Crippen LogP contribution is 2.06. The molecule has 0 spiro atoms. The molecule has 7 heteroatoms. The summed E-state index contributed by atoms with van der Waals surface area (Å²) in [5.74, 6) is -0.712. The van der Waals surface area contributed by atoms with Crippen LogP contribution in [0.5, 0.6) is 0 Å². The molecule has 3 N–H and O–H groups in total. The molecule has 1 aliphatic heterocycles. The lowest BCUT2D eigenvalue weighted by Crippen LogP contribution is -2.47. The first-order valence-electron chi connectivity index (χ1n) is 7.71. The smallest absolute Gasteiger partial charge is 0.251 e. The van der Waals surface area contributed by atoms with Crippen molar-refractivity contribution in [3.8, 4) is 0 Å². The van der Waals surface area contributed by atoms with Crippen molar-refractivity contribution in [3.63, 3.8) is 0 Å². The van der Waals surface area contributed by atoms with Gasteiger partial charge in [-0.15, -0.1) is 12.4 Å². The number of hydrogen-bond donors (Lipinski definition) is 3. The van der Waals surface area contributed by atoms with Gasteiger partial charge in [-0.05, 0) is 44.0 Å². The van der Waals surface area contributed by atoms with Crippen molar-refractivity contribution in [2.45, 2.75) is 31.7 Å². The highest BCUT2D eigenvalue weighted by atomic mass is 35.5. The summed E-state index contributed by atoms with van der Waals surface area (Å²) in [6.07, 6.45) is 3.71. The van der Waals surface area contributed by atoms with Gasteiger partial charge in [-0.3, -0.25) is 9.59 Å². The summed E-state index contributed by atoms with van der Waals surface area (Å²) >= 11 is 0. The minimum Gasteiger partial charge on any atom is -0.355 e. The predicted octanol–water partition coefficient (Wildman–Crippen LogP) is 1.63. The van der Waals surface area contributed by atoms with Crippen molar-refractivity contribution in [2.75, 3.05) is 19.6 Å². The standard InChI is InChI=1S/C16H22FN3O2.ClH/c17-13-6-3-5-12(11-13)15(21)19-9-4-10-20-16(22)14-7-1-2-8-18-14;/h3,5-6,11,14,18H,1-2,4,7-10H2,(H,19,21)(H,20,22);1H. The third-order valence-electron chi connectivity index (χ3n) is 3.65. The zero-order valence-corrected chi connectivity index (χ0v) is 13.8. The fourth-order valence-electron chi connectivity index (χ4n) is 2.43. The van der Waals surface area contributed by atoms with Crippen LogP contribution in [0.4, 0.5) is 4.39 Å². The number of carbonyl (C=O) groups excluding carboxylic acids is 2. The molecule has 2 rings (SSSR count). The van der Waals surface area contributed by atoms with E-state index in [0.717, 1.165) is 25.8 Å². The van der Waals surface area contributed by atoms with Crippen LogP contribution in [0, 0.1) is 5.82 Å². The Kier molecular flexibility index (Phi) is 8.58. The molecule has 1 atom stereocenters. The summed E-state index contributed by atoms with van der Waals surface area (Å²) < 4.78 is 13.0. The largest absolute Gasteiger partial charge is 0.355 e. The minimum absolute atomic E-state index is 0. The molecule has 1 aromatic carbocycles. The first-order chi connectivity index (χ1) is 10.7. The molecule has 23 heavy (non-hydrogen) atoms. The molecular formula is C16H23ClFN3O2. The van der Waals surface area contributed by atoms with Crippen LogP contribution in [-0.2, 0) is 4.79 Å². The summed E-state index contributed by atoms with van der Waals surface area (Å²) in [6.45, 7) is 1.84. The number of hydrogen-bond acceptors (Lipinski definition) is 3. The number of carbonyl (C=O) groups is 2. The van der Waals surface area contributed by atoms with E-state index in [4.69, 9.17) is 0 Å². The molecule has 0 aliphatic carbocycles. The van der Waals surface area contributed by atoms with Crippen LogP contribution >= 0.6 is 12.4 Å². The van der Waals surface area contributed by atoms with Crippen LogP contribution in [0.15, 0.2) is 24.3 Å². The van der Waals surface area contributed by atoms with Crippen molar-refractivity contribution < 1.29 is 14.0 Å². The normalized spacial score (nSPS) is 17.0. The second kappa shape index (κ2) is 10.2. The van der Waals surface area contributed by atoms with Crippen molar-refractivity contribution in [3.05, 3.63) is 35.6 Å². The maximum Gasteiger partial charge on any atom is 0.251 e. The summed E-state index contributed by atoms with van der Waals surface area (Å²) in [5, 5.41) is 8.76. The molecule has 0 aromatic heterocycles. The molecular weight excluding hydrogens is 321 g/mol. The monoisotopic (exact) mass is 343 g/mol. The molecule has 1 heterocycles. The Morgan fingerprint density at radius 1 is 1.22 bits per heavy atom. The van der Waals surface area contributed by atoms with Crippen LogP contribution in [0.3, 0.4) is 0 Å². The predicted molar refractivity (Wildman–Crippen MR) is 89.2 cm³/mol. The van der Waals surface area contributed by atoms with Gasteiger partial charge in [-0.1, -0.05) is 12.5 Å². The molecule has 1 saturated heterocycles. The lowest BCUT2D eigenvalue weighted by atomic mass is 10.0. The first kappa shape index (κ1) is 19.4. The molecule has 0 radical (unpaired) electrons. The average Bonchev–Trinajstić information content (AvgIpc) is 2.55. The molecule has 128 valence electrons. The Morgan fingerprint density at radius 2 is 2.00 bits per heavy atom. The number of benzene rings is 1. The van der Waals surface area contributed by atoms with Crippen molar-refractivity contribution >= 4 is 24.2 Å².